The summed E-state index contributed by atoms with van der Waals surface area (Å²) in [6.45, 7) is 2.05. The molecule has 0 unspecified atom stereocenters. The molecule has 0 bridgehead atoms. The summed E-state index contributed by atoms with van der Waals surface area (Å²) in [5, 5.41) is 4.97. The van der Waals surface area contributed by atoms with Crippen molar-refractivity contribution < 1.29 is 0 Å². The van der Waals surface area contributed by atoms with Gasteiger partial charge < -0.3 is 0 Å². The lowest BCUT2D eigenvalue weighted by molar-refractivity contribution is 0.779. The number of aryl methyl sites for hydroxylation is 2. The Morgan fingerprint density at radius 3 is 3.00 bits per heavy atom. The van der Waals surface area contributed by atoms with Gasteiger partial charge in [-0.05, 0) is 12.0 Å². The molecule has 0 aliphatic heterocycles. The number of hydrogen-bond acceptors (Lipinski definition) is 2. The van der Waals surface area contributed by atoms with E-state index >= 15 is 0 Å². The summed E-state index contributed by atoms with van der Waals surface area (Å²) in [6.07, 6.45) is 4.56. The van der Waals surface area contributed by atoms with Gasteiger partial charge in [-0.15, -0.1) is 0 Å². The van der Waals surface area contributed by atoms with Crippen LogP contribution >= 0.6 is 11.6 Å². The molecule has 4 heteroatoms. The first kappa shape index (κ1) is 8.51. The van der Waals surface area contributed by atoms with Gasteiger partial charge in [0.2, 0.25) is 0 Å². The number of rotatable bonds is 1. The van der Waals surface area contributed by atoms with Gasteiger partial charge in [0.25, 0.3) is 0 Å². The molecule has 0 radical (unpaired) electrons. The molecule has 68 valence electrons. The summed E-state index contributed by atoms with van der Waals surface area (Å²) in [7, 11) is 1.86. The maximum absolute atomic E-state index is 6.14. The molecule has 0 aliphatic rings. The summed E-state index contributed by atoms with van der Waals surface area (Å²) in [6, 6.07) is 0. The van der Waals surface area contributed by atoms with E-state index in [0.29, 0.717) is 0 Å². The minimum Gasteiger partial charge on any atom is -0.273 e. The van der Waals surface area contributed by atoms with Gasteiger partial charge in [-0.1, -0.05) is 18.5 Å². The monoisotopic (exact) mass is 195 g/mol. The molecule has 2 aromatic rings. The van der Waals surface area contributed by atoms with Crippen molar-refractivity contribution in [1.29, 1.82) is 0 Å². The van der Waals surface area contributed by atoms with Crippen LogP contribution in [0.1, 0.15) is 12.5 Å². The van der Waals surface area contributed by atoms with Crippen LogP contribution < -0.4 is 0 Å². The molecule has 3 nitrogen and oxygen atoms in total. The van der Waals surface area contributed by atoms with E-state index in [1.165, 1.54) is 0 Å². The molecule has 13 heavy (non-hydrogen) atoms. The lowest BCUT2D eigenvalue weighted by Gasteiger charge is -1.98. The zero-order valence-corrected chi connectivity index (χ0v) is 8.34. The molecule has 0 aromatic carbocycles. The Bertz CT molecular complexity index is 447. The number of nitrogens with zero attached hydrogens (tertiary/aromatic N) is 3. The van der Waals surface area contributed by atoms with Crippen LogP contribution in [-0.4, -0.2) is 14.8 Å². The van der Waals surface area contributed by atoms with Crippen LogP contribution in [0.5, 0.6) is 0 Å². The van der Waals surface area contributed by atoms with E-state index in [-0.39, 0.29) is 0 Å². The number of aromatic nitrogens is 3. The first-order valence-corrected chi connectivity index (χ1v) is 4.57. The molecule has 0 amide bonds. The molecular formula is C9H10ClN3. The van der Waals surface area contributed by atoms with E-state index in [1.54, 1.807) is 4.68 Å². The second kappa shape index (κ2) is 3.00. The van der Waals surface area contributed by atoms with Gasteiger partial charge in [-0.3, -0.25) is 9.67 Å². The molecule has 0 saturated heterocycles. The van der Waals surface area contributed by atoms with E-state index < -0.39 is 0 Å². The second-order valence-electron chi connectivity index (χ2n) is 2.99. The van der Waals surface area contributed by atoms with Crippen molar-refractivity contribution >= 4 is 22.6 Å². The number of pyridine rings is 1. The number of halogens is 1. The fourth-order valence-electron chi connectivity index (χ4n) is 1.33. The van der Waals surface area contributed by atoms with Crippen molar-refractivity contribution in [2.45, 2.75) is 13.3 Å². The van der Waals surface area contributed by atoms with Crippen molar-refractivity contribution in [3.8, 4) is 0 Å². The van der Waals surface area contributed by atoms with Crippen LogP contribution in [0.3, 0.4) is 0 Å². The Morgan fingerprint density at radius 2 is 2.31 bits per heavy atom. The highest BCUT2D eigenvalue weighted by atomic mass is 35.5. The van der Waals surface area contributed by atoms with Crippen molar-refractivity contribution in [3.63, 3.8) is 0 Å². The largest absolute Gasteiger partial charge is 0.273 e. The lowest BCUT2D eigenvalue weighted by Crippen LogP contribution is -1.87. The van der Waals surface area contributed by atoms with Gasteiger partial charge in [-0.25, -0.2) is 0 Å². The predicted octanol–water partition coefficient (Wildman–Crippen LogP) is 2.18. The average molecular weight is 196 g/mol. The first-order valence-electron chi connectivity index (χ1n) is 4.19. The van der Waals surface area contributed by atoms with Gasteiger partial charge >= 0.3 is 0 Å². The Morgan fingerprint density at radius 1 is 1.54 bits per heavy atom. The smallest absolute Gasteiger partial charge is 0.130 e. The van der Waals surface area contributed by atoms with Crippen LogP contribution in [0.25, 0.3) is 11.0 Å². The van der Waals surface area contributed by atoms with E-state index in [0.717, 1.165) is 28.0 Å². The van der Waals surface area contributed by atoms with E-state index in [1.807, 2.05) is 19.4 Å². The Hall–Kier alpha value is -1.09. The molecule has 0 N–H and O–H groups in total. The van der Waals surface area contributed by atoms with Crippen molar-refractivity contribution in [1.82, 2.24) is 14.8 Å². The van der Waals surface area contributed by atoms with Crippen LogP contribution in [-0.2, 0) is 13.5 Å². The molecular weight excluding hydrogens is 186 g/mol. The molecule has 0 atom stereocenters. The van der Waals surface area contributed by atoms with Gasteiger partial charge in [0.05, 0.1) is 11.2 Å². The molecule has 2 aromatic heterocycles. The molecule has 2 heterocycles. The quantitative estimate of drug-likeness (QED) is 0.699. The van der Waals surface area contributed by atoms with Crippen molar-refractivity contribution in [2.24, 2.45) is 7.05 Å². The van der Waals surface area contributed by atoms with Crippen molar-refractivity contribution in [2.75, 3.05) is 0 Å². The summed E-state index contributed by atoms with van der Waals surface area (Å²) < 4.78 is 1.73. The van der Waals surface area contributed by atoms with Gasteiger partial charge in [-0.2, -0.15) is 5.10 Å². The predicted molar refractivity (Wildman–Crippen MR) is 52.9 cm³/mol. The fourth-order valence-corrected chi connectivity index (χ4v) is 1.65. The molecule has 0 aliphatic carbocycles. The zero-order chi connectivity index (χ0) is 9.42. The number of fused-ring (bicyclic) bond motifs is 1. The lowest BCUT2D eigenvalue weighted by atomic mass is 10.2. The highest BCUT2D eigenvalue weighted by Crippen LogP contribution is 2.23. The third kappa shape index (κ3) is 1.29. The average Bonchev–Trinajstić information content (AvgIpc) is 2.47. The maximum Gasteiger partial charge on any atom is 0.130 e. The highest BCUT2D eigenvalue weighted by molar-refractivity contribution is 6.35. The SMILES string of the molecule is CCc1cnc2cn(C)nc2c1Cl. The van der Waals surface area contributed by atoms with Crippen molar-refractivity contribution in [3.05, 3.63) is 23.0 Å². The minimum atomic E-state index is 0.730. The molecule has 0 saturated carbocycles. The van der Waals surface area contributed by atoms with Gasteiger partial charge in [0.15, 0.2) is 0 Å². The standard InChI is InChI=1S/C9H10ClN3/c1-3-6-4-11-7-5-13(2)12-9(7)8(6)10/h4-5H,3H2,1-2H3. The third-order valence-electron chi connectivity index (χ3n) is 2.04. The third-order valence-corrected chi connectivity index (χ3v) is 2.46. The van der Waals surface area contributed by atoms with Crippen LogP contribution in [0.4, 0.5) is 0 Å². The summed E-state index contributed by atoms with van der Waals surface area (Å²) in [4.78, 5) is 4.27. The van der Waals surface area contributed by atoms with E-state index in [2.05, 4.69) is 17.0 Å². The molecule has 0 spiro atoms. The Labute approximate surface area is 81.3 Å². The zero-order valence-electron chi connectivity index (χ0n) is 7.58. The summed E-state index contributed by atoms with van der Waals surface area (Å²) in [5.74, 6) is 0. The normalized spacial score (nSPS) is 11.0. The Kier molecular flexibility index (Phi) is 1.96. The maximum atomic E-state index is 6.14. The van der Waals surface area contributed by atoms with Crippen LogP contribution in [0.2, 0.25) is 5.02 Å². The van der Waals surface area contributed by atoms with Gasteiger partial charge in [0, 0.05) is 13.2 Å². The topological polar surface area (TPSA) is 30.7 Å². The highest BCUT2D eigenvalue weighted by Gasteiger charge is 2.07. The number of hydrogen-bond donors (Lipinski definition) is 0. The Balaban J connectivity index is 2.78. The summed E-state index contributed by atoms with van der Waals surface area (Å²) in [5.41, 5.74) is 2.70. The van der Waals surface area contributed by atoms with Crippen LogP contribution in [0, 0.1) is 0 Å². The summed E-state index contributed by atoms with van der Waals surface area (Å²) >= 11 is 6.14. The first-order chi connectivity index (χ1) is 6.22. The van der Waals surface area contributed by atoms with Gasteiger partial charge in [0.1, 0.15) is 11.0 Å². The molecule has 2 rings (SSSR count). The minimum absolute atomic E-state index is 0.730. The second-order valence-corrected chi connectivity index (χ2v) is 3.37. The fraction of sp³-hybridized carbons (Fsp3) is 0.333. The van der Waals surface area contributed by atoms with E-state index in [4.69, 9.17) is 11.6 Å². The molecule has 0 fully saturated rings. The van der Waals surface area contributed by atoms with Crippen LogP contribution in [0.15, 0.2) is 12.4 Å². The van der Waals surface area contributed by atoms with E-state index in [9.17, 15) is 0 Å².